The summed E-state index contributed by atoms with van der Waals surface area (Å²) < 4.78 is 40.5. The Labute approximate surface area is 182 Å². The molecule has 1 aromatic carbocycles. The van der Waals surface area contributed by atoms with Gasteiger partial charge in [-0.2, -0.15) is 8.78 Å². The van der Waals surface area contributed by atoms with Gasteiger partial charge < -0.3 is 14.2 Å². The second-order valence-corrected chi connectivity index (χ2v) is 8.28. The van der Waals surface area contributed by atoms with Gasteiger partial charge in [-0.15, -0.1) is 11.8 Å². The van der Waals surface area contributed by atoms with Gasteiger partial charge in [-0.05, 0) is 30.2 Å². The third-order valence-corrected chi connectivity index (χ3v) is 5.69. The largest absolute Gasteiger partial charge is 0.493 e. The lowest BCUT2D eigenvalue weighted by atomic mass is 10.00. The molecule has 0 radical (unpaired) electrons. The molecule has 1 aromatic rings. The van der Waals surface area contributed by atoms with Crippen molar-refractivity contribution in [1.82, 2.24) is 5.32 Å². The molecule has 1 fully saturated rings. The summed E-state index contributed by atoms with van der Waals surface area (Å²) in [6.07, 6.45) is -0.641. The molecule has 0 aliphatic carbocycles. The highest BCUT2D eigenvalue weighted by molar-refractivity contribution is 8.00. The normalized spacial score (nSPS) is 18.2. The number of benzene rings is 1. The molecule has 1 aliphatic rings. The van der Waals surface area contributed by atoms with Gasteiger partial charge in [0.1, 0.15) is 6.10 Å². The van der Waals surface area contributed by atoms with E-state index in [-0.39, 0.29) is 23.0 Å². The molecule has 0 aromatic heterocycles. The molecular weight excluding hydrogens is 447 g/mol. The van der Waals surface area contributed by atoms with Crippen molar-refractivity contribution in [2.75, 3.05) is 19.4 Å². The van der Waals surface area contributed by atoms with Gasteiger partial charge in [0, 0.05) is 28.8 Å². The third-order valence-electron chi connectivity index (χ3n) is 4.10. The molecule has 2 atom stereocenters. The average Bonchev–Trinajstić information content (AvgIpc) is 3.19. The van der Waals surface area contributed by atoms with Crippen LogP contribution in [0.1, 0.15) is 25.0 Å². The number of allylic oxidation sites excluding steroid dienone is 2. The first-order chi connectivity index (χ1) is 13.7. The van der Waals surface area contributed by atoms with E-state index in [1.807, 2.05) is 0 Å². The van der Waals surface area contributed by atoms with Gasteiger partial charge in [-0.3, -0.25) is 5.32 Å². The Morgan fingerprint density at radius 2 is 2.10 bits per heavy atom. The van der Waals surface area contributed by atoms with Crippen molar-refractivity contribution in [2.45, 2.75) is 31.4 Å². The van der Waals surface area contributed by atoms with Crippen LogP contribution in [0.4, 0.5) is 8.78 Å². The second kappa shape index (κ2) is 11.1. The van der Waals surface area contributed by atoms with Crippen LogP contribution in [0.5, 0.6) is 11.5 Å². The summed E-state index contributed by atoms with van der Waals surface area (Å²) in [5, 5.41) is 3.19. The number of hydrogen-bond donors (Lipinski definition) is 1. The monoisotopic (exact) mass is 467 g/mol. The molecule has 1 heterocycles. The minimum Gasteiger partial charge on any atom is -0.493 e. The zero-order valence-corrected chi connectivity index (χ0v) is 18.2. The predicted molar refractivity (Wildman–Crippen MR) is 111 cm³/mol. The predicted octanol–water partition coefficient (Wildman–Crippen LogP) is 5.20. The van der Waals surface area contributed by atoms with Crippen molar-refractivity contribution in [1.29, 1.82) is 0 Å². The Morgan fingerprint density at radius 3 is 2.62 bits per heavy atom. The smallest absolute Gasteiger partial charge is 0.387 e. The second-order valence-electron chi connectivity index (χ2n) is 6.04. The van der Waals surface area contributed by atoms with E-state index >= 15 is 0 Å². The minimum absolute atomic E-state index is 0.0787. The summed E-state index contributed by atoms with van der Waals surface area (Å²) in [7, 11) is 1.33. The summed E-state index contributed by atoms with van der Waals surface area (Å²) in [6.45, 7) is 3.05. The summed E-state index contributed by atoms with van der Waals surface area (Å²) in [5.74, 6) is 0.295. The van der Waals surface area contributed by atoms with E-state index in [0.717, 1.165) is 5.75 Å². The fourth-order valence-corrected chi connectivity index (χ4v) is 4.07. The molecule has 1 aliphatic heterocycles. The van der Waals surface area contributed by atoms with Crippen molar-refractivity contribution in [2.24, 2.45) is 0 Å². The minimum atomic E-state index is -3.00. The van der Waals surface area contributed by atoms with Crippen molar-refractivity contribution in [3.05, 3.63) is 46.0 Å². The van der Waals surface area contributed by atoms with Crippen LogP contribution >= 0.6 is 35.0 Å². The van der Waals surface area contributed by atoms with E-state index in [2.05, 4.69) is 16.6 Å². The van der Waals surface area contributed by atoms with Crippen LogP contribution in [0.25, 0.3) is 0 Å². The van der Waals surface area contributed by atoms with Crippen LogP contribution in [-0.2, 0) is 9.53 Å². The molecule has 0 unspecified atom stereocenters. The van der Waals surface area contributed by atoms with E-state index in [1.165, 1.54) is 37.1 Å². The number of carbonyl (C=O) groups excluding carboxylic acids is 1. The number of nitrogens with one attached hydrogen (secondary N) is 1. The fraction of sp³-hybridized carbons (Fsp3) is 0.421. The molecule has 2 rings (SSSR count). The summed E-state index contributed by atoms with van der Waals surface area (Å²) >= 11 is 13.6. The Kier molecular flexibility index (Phi) is 9.07. The lowest BCUT2D eigenvalue weighted by Gasteiger charge is -2.23. The number of carbonyl (C=O) groups is 1. The summed E-state index contributed by atoms with van der Waals surface area (Å²) in [6, 6.07) is 4.32. The Bertz CT molecular complexity index is 781. The van der Waals surface area contributed by atoms with Gasteiger partial charge in [0.25, 0.3) is 0 Å². The number of esters is 1. The van der Waals surface area contributed by atoms with Gasteiger partial charge in [0.2, 0.25) is 0 Å². The number of alkyl halides is 2. The average molecular weight is 468 g/mol. The van der Waals surface area contributed by atoms with Gasteiger partial charge in [-0.25, -0.2) is 4.79 Å². The van der Waals surface area contributed by atoms with Gasteiger partial charge >= 0.3 is 12.6 Å². The van der Waals surface area contributed by atoms with Crippen LogP contribution in [0.15, 0.2) is 40.4 Å². The SMILES string of the molecule is C=C(Cl)/C(C[C@H](OC(=O)[C@H]1NCCS1)c1ccc(OC(F)F)c(OC)c1)=C(\C)Cl. The van der Waals surface area contributed by atoms with Gasteiger partial charge in [-0.1, -0.05) is 35.8 Å². The first-order valence-electron chi connectivity index (χ1n) is 8.61. The molecular formula is C19H21Cl2F2NO4S. The van der Waals surface area contributed by atoms with Gasteiger partial charge in [0.05, 0.1) is 7.11 Å². The van der Waals surface area contributed by atoms with Crippen molar-refractivity contribution < 1.29 is 27.8 Å². The lowest BCUT2D eigenvalue weighted by Crippen LogP contribution is -2.31. The Balaban J connectivity index is 2.36. The number of hydrogen-bond acceptors (Lipinski definition) is 6. The zero-order chi connectivity index (χ0) is 21.6. The quantitative estimate of drug-likeness (QED) is 0.397. The number of rotatable bonds is 9. The maximum atomic E-state index is 12.6. The molecule has 0 amide bonds. The zero-order valence-electron chi connectivity index (χ0n) is 15.8. The van der Waals surface area contributed by atoms with E-state index < -0.39 is 24.1 Å². The maximum Gasteiger partial charge on any atom is 0.387 e. The van der Waals surface area contributed by atoms with Crippen molar-refractivity contribution in [3.63, 3.8) is 0 Å². The highest BCUT2D eigenvalue weighted by Crippen LogP contribution is 2.37. The van der Waals surface area contributed by atoms with Crippen LogP contribution in [0.3, 0.4) is 0 Å². The van der Waals surface area contributed by atoms with Gasteiger partial charge in [0.15, 0.2) is 16.9 Å². The van der Waals surface area contributed by atoms with Crippen LogP contribution < -0.4 is 14.8 Å². The molecule has 1 N–H and O–H groups in total. The molecule has 1 saturated heterocycles. The van der Waals surface area contributed by atoms with E-state index in [1.54, 1.807) is 6.92 Å². The van der Waals surface area contributed by atoms with E-state index in [9.17, 15) is 13.6 Å². The third kappa shape index (κ3) is 6.77. The van der Waals surface area contributed by atoms with E-state index in [0.29, 0.717) is 22.7 Å². The van der Waals surface area contributed by atoms with Crippen LogP contribution in [0, 0.1) is 0 Å². The molecule has 10 heteroatoms. The summed E-state index contributed by atoms with van der Waals surface area (Å²) in [5.41, 5.74) is 1.03. The molecule has 0 spiro atoms. The molecule has 0 bridgehead atoms. The number of thioether (sulfide) groups is 1. The first kappa shape index (κ1) is 23.8. The fourth-order valence-electron chi connectivity index (χ4n) is 2.71. The molecule has 29 heavy (non-hydrogen) atoms. The number of ether oxygens (including phenoxy) is 3. The van der Waals surface area contributed by atoms with Crippen LogP contribution in [0.2, 0.25) is 0 Å². The Morgan fingerprint density at radius 1 is 1.38 bits per heavy atom. The van der Waals surface area contributed by atoms with E-state index in [4.69, 9.17) is 32.7 Å². The molecule has 160 valence electrons. The standard InChI is InChI=1S/C19H21Cl2F2NO4S/c1-10(20)13(11(2)21)9-15(27-18(25)17-24-6-7-29-17)12-4-5-14(28-19(22)23)16(8-12)26-3/h4-5,8,15,17,19,24H,1,6-7,9H2,2-3H3/b13-11+/t15-,17-/m0/s1. The van der Waals surface area contributed by atoms with Crippen LogP contribution in [-0.4, -0.2) is 37.4 Å². The number of methoxy groups -OCH3 is 1. The lowest BCUT2D eigenvalue weighted by molar-refractivity contribution is -0.149. The summed E-state index contributed by atoms with van der Waals surface area (Å²) in [4.78, 5) is 12.6. The molecule has 0 saturated carbocycles. The Hall–Kier alpha value is -1.48. The highest BCUT2D eigenvalue weighted by atomic mass is 35.5. The maximum absolute atomic E-state index is 12.6. The van der Waals surface area contributed by atoms with Crippen molar-refractivity contribution in [3.8, 4) is 11.5 Å². The highest BCUT2D eigenvalue weighted by Gasteiger charge is 2.29. The topological polar surface area (TPSA) is 56.8 Å². The van der Waals surface area contributed by atoms with Crippen molar-refractivity contribution >= 4 is 40.9 Å². The number of halogens is 4. The first-order valence-corrected chi connectivity index (χ1v) is 10.4. The molecule has 5 nitrogen and oxygen atoms in total.